The SMILES string of the molecule is COC(=O)NC(C(=O)N1CCC[C@H]1c1ncc(-c2cccc(C#Cc3cccc(-c4cnc(C5C=CCN5C(=O)[C@@H](NC(=O)OC)C5CCOCC5)[nH]4)c3)c2)[nH]1)C1CCOCC1. The van der Waals surface area contributed by atoms with Crippen LogP contribution in [0.2, 0.25) is 0 Å². The van der Waals surface area contributed by atoms with Crippen molar-refractivity contribution in [2.24, 2.45) is 11.8 Å². The Kier molecular flexibility index (Phi) is 13.3. The number of carbonyl (C=O) groups excluding carboxylic acids is 4. The predicted octanol–water partition coefficient (Wildman–Crippen LogP) is 5.27. The van der Waals surface area contributed by atoms with Crippen LogP contribution >= 0.6 is 0 Å². The molecule has 3 saturated heterocycles. The second-order valence-corrected chi connectivity index (χ2v) is 16.0. The van der Waals surface area contributed by atoms with E-state index in [2.05, 4.69) is 37.4 Å². The molecule has 4 amide bonds. The average molecular weight is 845 g/mol. The number of ether oxygens (including phenoxy) is 4. The van der Waals surface area contributed by atoms with Crippen LogP contribution in [0, 0.1) is 23.7 Å². The van der Waals surface area contributed by atoms with Crippen LogP contribution in [0.25, 0.3) is 22.5 Å². The number of rotatable bonds is 10. The molecule has 324 valence electrons. The lowest BCUT2D eigenvalue weighted by molar-refractivity contribution is -0.137. The Balaban J connectivity index is 0.941. The quantitative estimate of drug-likeness (QED) is 0.121. The first kappa shape index (κ1) is 42.3. The molecule has 2 aromatic carbocycles. The van der Waals surface area contributed by atoms with Crippen LogP contribution in [0.15, 0.2) is 73.1 Å². The number of carbonyl (C=O) groups is 4. The standard InChI is InChI=1S/C46H52N8O8/c1-59-45(57)51-39(31-15-21-61-22-16-31)43(55)53-19-5-11-37(53)41-47-27-35(49-41)33-9-3-7-29(25-33)13-14-30-8-4-10-34(26-30)36-28-48-42(50-36)38-12-6-20-54(38)44(56)40(52-46(58)60-2)32-17-23-62-24-18-32/h3-5,7-11,25-28,31-32,37-40H,6,12,15-24H2,1-2H3,(H,47,49)(H,48,50)(H,51,57)(H,52,58)/t37?,38-,39-,40?/m0/s1. The molecule has 0 radical (unpaired) electrons. The number of nitrogens with one attached hydrogen (secondary N) is 4. The van der Waals surface area contributed by atoms with Crippen LogP contribution in [0.3, 0.4) is 0 Å². The molecule has 0 saturated carbocycles. The Morgan fingerprint density at radius 3 is 1.79 bits per heavy atom. The van der Waals surface area contributed by atoms with Crippen molar-refractivity contribution in [1.29, 1.82) is 0 Å². The Morgan fingerprint density at radius 1 is 0.726 bits per heavy atom. The van der Waals surface area contributed by atoms with E-state index in [1.54, 1.807) is 17.3 Å². The lowest BCUT2D eigenvalue weighted by atomic mass is 9.90. The summed E-state index contributed by atoms with van der Waals surface area (Å²) < 4.78 is 20.8. The van der Waals surface area contributed by atoms with E-state index in [-0.39, 0.29) is 29.7 Å². The minimum absolute atomic E-state index is 0.0430. The number of aromatic nitrogens is 4. The van der Waals surface area contributed by atoms with Crippen molar-refractivity contribution in [2.75, 3.05) is 53.7 Å². The molecule has 0 aliphatic carbocycles. The Morgan fingerprint density at radius 2 is 1.24 bits per heavy atom. The minimum Gasteiger partial charge on any atom is -0.453 e. The maximum atomic E-state index is 14.0. The number of likely N-dealkylation sites (tertiary alicyclic amines) is 1. The molecule has 2 unspecified atom stereocenters. The van der Waals surface area contributed by atoms with Crippen molar-refractivity contribution >= 4 is 24.0 Å². The third kappa shape index (κ3) is 9.54. The number of hydrogen-bond donors (Lipinski definition) is 4. The van der Waals surface area contributed by atoms with E-state index >= 15 is 0 Å². The molecule has 4 aliphatic heterocycles. The predicted molar refractivity (Wildman–Crippen MR) is 227 cm³/mol. The van der Waals surface area contributed by atoms with E-state index in [0.717, 1.165) is 46.5 Å². The summed E-state index contributed by atoms with van der Waals surface area (Å²) in [5.41, 5.74) is 5.02. The number of nitrogens with zero attached hydrogens (tertiary/aromatic N) is 4. The second kappa shape index (κ2) is 19.5. The first-order valence-electron chi connectivity index (χ1n) is 21.2. The van der Waals surface area contributed by atoms with Gasteiger partial charge in [-0.25, -0.2) is 19.6 Å². The monoisotopic (exact) mass is 844 g/mol. The Labute approximate surface area is 360 Å². The molecule has 16 nitrogen and oxygen atoms in total. The molecule has 8 rings (SSSR count). The van der Waals surface area contributed by atoms with E-state index in [1.807, 2.05) is 65.6 Å². The van der Waals surface area contributed by atoms with Gasteiger partial charge in [-0.3, -0.25) is 9.59 Å². The summed E-state index contributed by atoms with van der Waals surface area (Å²) in [7, 11) is 2.59. The third-order valence-electron chi connectivity index (χ3n) is 12.2. The van der Waals surface area contributed by atoms with Crippen LogP contribution in [0.5, 0.6) is 0 Å². The normalized spacial score (nSPS) is 20.2. The van der Waals surface area contributed by atoms with Crippen molar-refractivity contribution in [2.45, 2.75) is 62.7 Å². The van der Waals surface area contributed by atoms with Gasteiger partial charge in [-0.2, -0.15) is 0 Å². The largest absolute Gasteiger partial charge is 0.453 e. The number of aromatic amines is 2. The number of H-pyrrole nitrogens is 2. The summed E-state index contributed by atoms with van der Waals surface area (Å²) in [5.74, 6) is 7.48. The number of imidazole rings is 2. The van der Waals surface area contributed by atoms with Crippen LogP contribution in [-0.2, 0) is 28.5 Å². The van der Waals surface area contributed by atoms with Gasteiger partial charge in [-0.15, -0.1) is 0 Å². The summed E-state index contributed by atoms with van der Waals surface area (Å²) in [4.78, 5) is 72.4. The summed E-state index contributed by atoms with van der Waals surface area (Å²) in [6.07, 6.45) is 10.4. The summed E-state index contributed by atoms with van der Waals surface area (Å²) in [5, 5.41) is 5.59. The zero-order valence-electron chi connectivity index (χ0n) is 34.9. The van der Waals surface area contributed by atoms with Gasteiger partial charge in [0.2, 0.25) is 11.8 Å². The zero-order valence-corrected chi connectivity index (χ0v) is 34.9. The topological polar surface area (TPSA) is 193 Å². The summed E-state index contributed by atoms with van der Waals surface area (Å²) in [6.45, 7) is 3.13. The van der Waals surface area contributed by atoms with Crippen LogP contribution in [0.4, 0.5) is 9.59 Å². The van der Waals surface area contributed by atoms with E-state index < -0.39 is 30.3 Å². The molecule has 0 bridgehead atoms. The second-order valence-electron chi connectivity index (χ2n) is 16.0. The van der Waals surface area contributed by atoms with E-state index in [4.69, 9.17) is 23.9 Å². The summed E-state index contributed by atoms with van der Waals surface area (Å²) in [6, 6.07) is 13.6. The fourth-order valence-electron chi connectivity index (χ4n) is 8.85. The van der Waals surface area contributed by atoms with Crippen LogP contribution < -0.4 is 10.6 Å². The zero-order chi connectivity index (χ0) is 43.0. The van der Waals surface area contributed by atoms with Gasteiger partial charge in [0.15, 0.2) is 0 Å². The van der Waals surface area contributed by atoms with E-state index in [0.29, 0.717) is 76.8 Å². The molecule has 16 heteroatoms. The maximum absolute atomic E-state index is 14.0. The van der Waals surface area contributed by atoms with Gasteiger partial charge in [-0.05, 0) is 74.6 Å². The molecule has 62 heavy (non-hydrogen) atoms. The first-order chi connectivity index (χ1) is 30.3. The fourth-order valence-corrected chi connectivity index (χ4v) is 8.85. The lowest BCUT2D eigenvalue weighted by Gasteiger charge is -2.34. The highest BCUT2D eigenvalue weighted by Gasteiger charge is 2.41. The molecular formula is C46H52N8O8. The van der Waals surface area contributed by atoms with Gasteiger partial charge in [0.05, 0.1) is 44.0 Å². The van der Waals surface area contributed by atoms with Gasteiger partial charge >= 0.3 is 12.2 Å². The lowest BCUT2D eigenvalue weighted by Crippen LogP contribution is -2.53. The van der Waals surface area contributed by atoms with Crippen LogP contribution in [0.1, 0.15) is 73.4 Å². The van der Waals surface area contributed by atoms with Gasteiger partial charge in [0.25, 0.3) is 0 Å². The molecule has 0 spiro atoms. The molecular weight excluding hydrogens is 793 g/mol. The van der Waals surface area contributed by atoms with E-state index in [1.165, 1.54) is 14.2 Å². The maximum Gasteiger partial charge on any atom is 0.407 e. The van der Waals surface area contributed by atoms with Gasteiger partial charge < -0.3 is 49.3 Å². The van der Waals surface area contributed by atoms with Crippen molar-refractivity contribution < 1.29 is 38.1 Å². The van der Waals surface area contributed by atoms with Crippen molar-refractivity contribution in [1.82, 2.24) is 40.4 Å². The van der Waals surface area contributed by atoms with Crippen molar-refractivity contribution in [3.05, 3.63) is 95.9 Å². The molecule has 6 heterocycles. The van der Waals surface area contributed by atoms with Crippen LogP contribution in [-0.4, -0.2) is 120 Å². The van der Waals surface area contributed by atoms with Gasteiger partial charge in [0, 0.05) is 61.8 Å². The third-order valence-corrected chi connectivity index (χ3v) is 12.2. The van der Waals surface area contributed by atoms with Gasteiger partial charge in [0.1, 0.15) is 29.8 Å². The molecule has 2 aromatic heterocycles. The molecule has 4 aromatic rings. The minimum atomic E-state index is -0.740. The average Bonchev–Trinajstić information content (AvgIpc) is 4.17. The highest BCUT2D eigenvalue weighted by atomic mass is 16.5. The molecule has 4 N–H and O–H groups in total. The number of benzene rings is 2. The number of methoxy groups -OCH3 is 2. The molecule has 3 fully saturated rings. The number of amides is 4. The number of alkyl carbamates (subject to hydrolysis) is 2. The van der Waals surface area contributed by atoms with Gasteiger partial charge in [-0.1, -0.05) is 48.3 Å². The Hall–Kier alpha value is -6.44. The molecule has 4 aliphatic rings. The first-order valence-corrected chi connectivity index (χ1v) is 21.2. The highest BCUT2D eigenvalue weighted by Crippen LogP contribution is 2.34. The smallest absolute Gasteiger partial charge is 0.407 e. The Bertz CT molecular complexity index is 2330. The highest BCUT2D eigenvalue weighted by molar-refractivity contribution is 5.87. The fraction of sp³-hybridized carbons (Fsp3) is 0.435. The molecule has 4 atom stereocenters. The van der Waals surface area contributed by atoms with Crippen molar-refractivity contribution in [3.8, 4) is 34.4 Å². The summed E-state index contributed by atoms with van der Waals surface area (Å²) >= 11 is 0. The van der Waals surface area contributed by atoms with E-state index in [9.17, 15) is 19.2 Å². The van der Waals surface area contributed by atoms with Crippen molar-refractivity contribution in [3.63, 3.8) is 0 Å². The number of hydrogen-bond acceptors (Lipinski definition) is 10.